The molecule has 1 aromatic carbocycles. The first-order valence-electron chi connectivity index (χ1n) is 11.9. The number of aromatic nitrogens is 4. The molecule has 1 saturated heterocycles. The Morgan fingerprint density at radius 2 is 1.82 bits per heavy atom. The summed E-state index contributed by atoms with van der Waals surface area (Å²) >= 11 is 1.46. The highest BCUT2D eigenvalue weighted by atomic mass is 32.1. The van der Waals surface area contributed by atoms with Gasteiger partial charge >= 0.3 is 0 Å². The minimum absolute atomic E-state index is 0.134. The normalized spacial score (nSPS) is 13.3. The Kier molecular flexibility index (Phi) is 8.51. The fraction of sp³-hybridized carbons (Fsp3) is 0.231. The van der Waals surface area contributed by atoms with Gasteiger partial charge in [0.15, 0.2) is 11.4 Å². The van der Waals surface area contributed by atoms with Crippen LogP contribution in [0.4, 0.5) is 5.82 Å². The van der Waals surface area contributed by atoms with Crippen molar-refractivity contribution in [2.45, 2.75) is 25.8 Å². The molecule has 0 bridgehead atoms. The summed E-state index contributed by atoms with van der Waals surface area (Å²) in [6.45, 7) is 2.65. The van der Waals surface area contributed by atoms with Crippen LogP contribution in [0.3, 0.4) is 0 Å². The van der Waals surface area contributed by atoms with Crippen molar-refractivity contribution in [2.24, 2.45) is 0 Å². The van der Waals surface area contributed by atoms with Gasteiger partial charge in [-0.15, -0.1) is 0 Å². The lowest BCUT2D eigenvalue weighted by Crippen LogP contribution is -2.37. The molecular formula is C26H26N6O6S. The topological polar surface area (TPSA) is 178 Å². The fourth-order valence-corrected chi connectivity index (χ4v) is 5.31. The highest BCUT2D eigenvalue weighted by Crippen LogP contribution is 2.39. The maximum absolute atomic E-state index is 11.6. The zero-order valence-electron chi connectivity index (χ0n) is 20.9. The largest absolute Gasteiger partial charge is 0.483 e. The van der Waals surface area contributed by atoms with Crippen molar-refractivity contribution in [3.8, 4) is 22.5 Å². The number of pyridine rings is 1. The van der Waals surface area contributed by atoms with Gasteiger partial charge in [0.25, 0.3) is 12.9 Å². The molecule has 39 heavy (non-hydrogen) atoms. The summed E-state index contributed by atoms with van der Waals surface area (Å²) in [4.78, 5) is 34.6. The van der Waals surface area contributed by atoms with Crippen LogP contribution < -0.4 is 5.73 Å². The van der Waals surface area contributed by atoms with Crippen molar-refractivity contribution in [1.29, 1.82) is 0 Å². The second-order valence-electron chi connectivity index (χ2n) is 8.61. The third-order valence-corrected chi connectivity index (χ3v) is 7.21. The van der Waals surface area contributed by atoms with Crippen LogP contribution in [0.1, 0.15) is 25.8 Å². The molecule has 5 heterocycles. The molecule has 6 rings (SSSR count). The number of nitrogen functional groups attached to an aromatic ring is 1. The highest BCUT2D eigenvalue weighted by molar-refractivity contribution is 7.13. The van der Waals surface area contributed by atoms with E-state index >= 15 is 0 Å². The van der Waals surface area contributed by atoms with Crippen LogP contribution in [-0.4, -0.2) is 66.2 Å². The summed E-state index contributed by atoms with van der Waals surface area (Å²) in [7, 11) is 0. The number of benzene rings is 1. The van der Waals surface area contributed by atoms with Crippen molar-refractivity contribution in [3.05, 3.63) is 49.1 Å². The van der Waals surface area contributed by atoms with Crippen LogP contribution in [-0.2, 0) is 14.4 Å². The van der Waals surface area contributed by atoms with Crippen LogP contribution in [0.2, 0.25) is 0 Å². The van der Waals surface area contributed by atoms with E-state index in [0.717, 1.165) is 63.9 Å². The Balaban J connectivity index is 0.000000541. The number of fused-ring (bicyclic) bond motifs is 2. The van der Waals surface area contributed by atoms with Gasteiger partial charge in [0.1, 0.15) is 5.76 Å². The number of likely N-dealkylation sites (tertiary alicyclic amines) is 1. The van der Waals surface area contributed by atoms with Gasteiger partial charge in [-0.1, -0.05) is 12.1 Å². The molecule has 202 valence electrons. The third-order valence-electron chi connectivity index (χ3n) is 6.45. The summed E-state index contributed by atoms with van der Waals surface area (Å²) in [5.41, 5.74) is 9.63. The molecule has 12 nitrogen and oxygen atoms in total. The molecular weight excluding hydrogens is 524 g/mol. The average Bonchev–Trinajstić information content (AvgIpc) is 3.70. The predicted molar refractivity (Wildman–Crippen MR) is 146 cm³/mol. The minimum Gasteiger partial charge on any atom is -0.483 e. The van der Waals surface area contributed by atoms with E-state index in [4.69, 9.17) is 30.0 Å². The molecule has 4 aromatic heterocycles. The maximum Gasteiger partial charge on any atom is 0.290 e. The van der Waals surface area contributed by atoms with Crippen molar-refractivity contribution in [1.82, 2.24) is 24.0 Å². The van der Waals surface area contributed by atoms with Gasteiger partial charge in [-0.3, -0.25) is 19.1 Å². The molecule has 1 aliphatic rings. The van der Waals surface area contributed by atoms with Crippen LogP contribution in [0.15, 0.2) is 53.5 Å². The van der Waals surface area contributed by atoms with Gasteiger partial charge in [-0.25, -0.2) is 4.98 Å². The molecule has 0 unspecified atom stereocenters. The zero-order chi connectivity index (χ0) is 27.9. The average molecular weight is 551 g/mol. The van der Waals surface area contributed by atoms with Crippen molar-refractivity contribution in [2.75, 3.05) is 18.8 Å². The van der Waals surface area contributed by atoms with Gasteiger partial charge in [-0.2, -0.15) is 9.47 Å². The Labute approximate surface area is 226 Å². The number of rotatable bonds is 3. The number of anilines is 1. The molecule has 0 radical (unpaired) electrons. The van der Waals surface area contributed by atoms with E-state index in [1.54, 1.807) is 13.1 Å². The number of carbonyl (C=O) groups excluding carboxylic acids is 1. The molecule has 1 amide bonds. The van der Waals surface area contributed by atoms with E-state index in [0.29, 0.717) is 11.4 Å². The van der Waals surface area contributed by atoms with E-state index in [9.17, 15) is 4.79 Å². The number of hydrogen-bond donors (Lipinski definition) is 3. The summed E-state index contributed by atoms with van der Waals surface area (Å²) in [6.07, 6.45) is 9.35. The van der Waals surface area contributed by atoms with Crippen LogP contribution in [0.25, 0.3) is 43.5 Å². The van der Waals surface area contributed by atoms with E-state index in [2.05, 4.69) is 26.7 Å². The Morgan fingerprint density at radius 1 is 1.10 bits per heavy atom. The van der Waals surface area contributed by atoms with E-state index in [-0.39, 0.29) is 24.9 Å². The first kappa shape index (κ1) is 27.3. The summed E-state index contributed by atoms with van der Waals surface area (Å²) in [5.74, 6) is 1.23. The van der Waals surface area contributed by atoms with Crippen molar-refractivity contribution >= 4 is 57.3 Å². The predicted octanol–water partition coefficient (Wildman–Crippen LogP) is 4.14. The molecule has 0 atom stereocenters. The Hall–Kier alpha value is -4.78. The monoisotopic (exact) mass is 550 g/mol. The van der Waals surface area contributed by atoms with E-state index in [1.807, 2.05) is 40.2 Å². The van der Waals surface area contributed by atoms with Crippen LogP contribution in [0, 0.1) is 0 Å². The smallest absolute Gasteiger partial charge is 0.290 e. The maximum atomic E-state index is 11.6. The molecule has 5 aromatic rings. The number of nitrogens with zero attached hydrogens (tertiary/aromatic N) is 5. The Morgan fingerprint density at radius 3 is 2.51 bits per heavy atom. The van der Waals surface area contributed by atoms with Crippen LogP contribution >= 0.6 is 11.5 Å². The van der Waals surface area contributed by atoms with Gasteiger partial charge < -0.3 is 25.3 Å². The number of carbonyl (C=O) groups is 3. The third kappa shape index (κ3) is 5.72. The molecule has 0 spiro atoms. The summed E-state index contributed by atoms with van der Waals surface area (Å²) in [5, 5.41) is 20.4. The molecule has 1 fully saturated rings. The lowest BCUT2D eigenvalue weighted by atomic mass is 10.0. The quantitative estimate of drug-likeness (QED) is 0.277. The SMILES string of the molecule is CC(=O)N1CCC(n2cc(-c3cnc(N)c4oc(-c5cccc6sncc56)cc34)cn2)CC1.O=CO.O=CO. The number of carboxylic acid groups (broad SMARTS) is 2. The molecule has 0 aliphatic carbocycles. The summed E-state index contributed by atoms with van der Waals surface area (Å²) in [6, 6.07) is 8.39. The van der Waals surface area contributed by atoms with Gasteiger partial charge in [0, 0.05) is 66.1 Å². The van der Waals surface area contributed by atoms with Crippen LogP contribution in [0.5, 0.6) is 0 Å². The number of piperidine rings is 1. The number of nitrogens with two attached hydrogens (primary N) is 1. The lowest BCUT2D eigenvalue weighted by molar-refractivity contribution is -0.130. The number of amides is 1. The lowest BCUT2D eigenvalue weighted by Gasteiger charge is -2.31. The summed E-state index contributed by atoms with van der Waals surface area (Å²) < 4.78 is 13.6. The molecule has 0 saturated carbocycles. The Bertz CT molecular complexity index is 1600. The second-order valence-corrected chi connectivity index (χ2v) is 9.44. The minimum atomic E-state index is -0.250. The van der Waals surface area contributed by atoms with Crippen molar-refractivity contribution in [3.63, 3.8) is 0 Å². The first-order valence-corrected chi connectivity index (χ1v) is 12.7. The van der Waals surface area contributed by atoms with E-state index < -0.39 is 0 Å². The van der Waals surface area contributed by atoms with Gasteiger partial charge in [-0.05, 0) is 36.5 Å². The van der Waals surface area contributed by atoms with E-state index in [1.165, 1.54) is 11.5 Å². The van der Waals surface area contributed by atoms with Crippen molar-refractivity contribution < 1.29 is 29.0 Å². The molecule has 13 heteroatoms. The van der Waals surface area contributed by atoms with Gasteiger partial charge in [0.2, 0.25) is 5.91 Å². The first-order chi connectivity index (χ1) is 18.9. The zero-order valence-corrected chi connectivity index (χ0v) is 21.7. The molecule has 1 aliphatic heterocycles. The highest BCUT2D eigenvalue weighted by Gasteiger charge is 2.23. The fourth-order valence-electron chi connectivity index (χ4n) is 4.64. The molecule has 4 N–H and O–H groups in total. The second kappa shape index (κ2) is 12.2. The number of furan rings is 1. The standard InChI is InChI=1S/C24H22N6O2S.2CH2O2/c1-14(31)29-7-5-16(6-8-29)30-13-15(10-27-30)19-11-26-24(25)23-18(19)9-21(32-23)17-3-2-4-22-20(17)12-28-33-22;2*2-1-3/h2-4,9-13,16H,5-8H2,1H3,(H2,25,26);2*1H,(H,2,3). The number of hydrogen-bond acceptors (Lipinski definition) is 9. The van der Waals surface area contributed by atoms with Gasteiger partial charge in [0.05, 0.1) is 16.9 Å².